The van der Waals surface area contributed by atoms with Crippen LogP contribution in [-0.2, 0) is 25.4 Å². The van der Waals surface area contributed by atoms with E-state index in [0.29, 0.717) is 23.8 Å². The van der Waals surface area contributed by atoms with Gasteiger partial charge in [0.25, 0.3) is 5.91 Å². The molecule has 7 rings (SSSR count). The molecule has 262 valence electrons. The number of halogens is 3. The third-order valence-corrected chi connectivity index (χ3v) is 11.8. The van der Waals surface area contributed by atoms with Crippen LogP contribution >= 0.6 is 0 Å². The van der Waals surface area contributed by atoms with E-state index in [1.54, 1.807) is 30.3 Å². The number of alkyl halides is 3. The van der Waals surface area contributed by atoms with E-state index in [2.05, 4.69) is 48.2 Å². The predicted octanol–water partition coefficient (Wildman–Crippen LogP) is 7.22. The van der Waals surface area contributed by atoms with Gasteiger partial charge in [0.05, 0.1) is 31.8 Å². The minimum atomic E-state index is -5.11. The molecule has 2 N–H and O–H groups in total. The molecular formula is C39H46F3N2O5+. The maximum atomic E-state index is 13.7. The maximum absolute atomic E-state index is 13.7. The van der Waals surface area contributed by atoms with Gasteiger partial charge in [0.15, 0.2) is 11.5 Å². The summed E-state index contributed by atoms with van der Waals surface area (Å²) in [5.41, 5.74) is 1.38. The number of nitrogens with zero attached hydrogens (tertiary/aromatic N) is 1. The number of aliphatic hydroxyl groups excluding tert-OH is 1. The molecule has 3 unspecified atom stereocenters. The van der Waals surface area contributed by atoms with Crippen molar-refractivity contribution in [1.29, 1.82) is 0 Å². The van der Waals surface area contributed by atoms with Crippen LogP contribution in [0.1, 0.15) is 57.1 Å². The van der Waals surface area contributed by atoms with Crippen LogP contribution in [0, 0.1) is 17.3 Å². The Morgan fingerprint density at radius 2 is 1.84 bits per heavy atom. The Hall–Kier alpha value is -3.60. The van der Waals surface area contributed by atoms with Crippen molar-refractivity contribution in [3.63, 3.8) is 0 Å². The SMILES string of the molecule is COC1(NC(=O)C(=Cc2ccccc2)OC(F)(F)F)C=C(O)C2=C3C1O[C@H]1CCC[C@H]4[C@@H](C2)[N+](CCc2ccccc2)(CC(C)C)CC[C@]314. The minimum Gasteiger partial charge on any atom is -0.508 e. The van der Waals surface area contributed by atoms with E-state index in [0.717, 1.165) is 73.4 Å². The first kappa shape index (κ1) is 33.9. The van der Waals surface area contributed by atoms with Gasteiger partial charge in [-0.3, -0.25) is 4.79 Å². The monoisotopic (exact) mass is 679 g/mol. The lowest BCUT2D eigenvalue weighted by atomic mass is 9.49. The Morgan fingerprint density at radius 3 is 2.51 bits per heavy atom. The molecular weight excluding hydrogens is 633 g/mol. The summed E-state index contributed by atoms with van der Waals surface area (Å²) in [6.07, 6.45) is 1.77. The van der Waals surface area contributed by atoms with E-state index < -0.39 is 29.9 Å². The number of piperidine rings is 1. The number of carbonyl (C=O) groups excluding carboxylic acids is 1. The number of methoxy groups -OCH3 is 1. The van der Waals surface area contributed by atoms with E-state index in [1.807, 2.05) is 6.07 Å². The fourth-order valence-corrected chi connectivity index (χ4v) is 10.1. The van der Waals surface area contributed by atoms with Gasteiger partial charge < -0.3 is 29.1 Å². The number of amides is 1. The predicted molar refractivity (Wildman–Crippen MR) is 178 cm³/mol. The van der Waals surface area contributed by atoms with Crippen molar-refractivity contribution in [3.05, 3.63) is 101 Å². The van der Waals surface area contributed by atoms with Gasteiger partial charge >= 0.3 is 6.36 Å². The Morgan fingerprint density at radius 1 is 1.12 bits per heavy atom. The van der Waals surface area contributed by atoms with Crippen molar-refractivity contribution in [1.82, 2.24) is 5.32 Å². The first-order valence-corrected chi connectivity index (χ1v) is 17.5. The van der Waals surface area contributed by atoms with Crippen LogP contribution in [0.5, 0.6) is 0 Å². The van der Waals surface area contributed by atoms with Gasteiger partial charge in [-0.15, -0.1) is 13.2 Å². The molecule has 2 aromatic carbocycles. The number of nitrogens with one attached hydrogen (secondary N) is 1. The molecule has 49 heavy (non-hydrogen) atoms. The molecule has 0 aromatic heterocycles. The average Bonchev–Trinajstić information content (AvgIpc) is 3.41. The zero-order chi connectivity index (χ0) is 34.6. The molecule has 3 aliphatic carbocycles. The minimum absolute atomic E-state index is 0.0102. The first-order valence-electron chi connectivity index (χ1n) is 17.5. The average molecular weight is 680 g/mol. The van der Waals surface area contributed by atoms with E-state index in [1.165, 1.54) is 18.7 Å². The maximum Gasteiger partial charge on any atom is 0.573 e. The number of aliphatic hydroxyl groups is 1. The molecule has 1 amide bonds. The smallest absolute Gasteiger partial charge is 0.508 e. The number of benzene rings is 2. The van der Waals surface area contributed by atoms with Gasteiger partial charge in [-0.05, 0) is 35.6 Å². The van der Waals surface area contributed by atoms with Crippen LogP contribution in [0.3, 0.4) is 0 Å². The molecule has 7 atom stereocenters. The normalized spacial score (nSPS) is 33.6. The molecule has 7 nitrogen and oxygen atoms in total. The summed E-state index contributed by atoms with van der Waals surface area (Å²) in [4.78, 5) is 13.7. The third kappa shape index (κ3) is 5.89. The highest BCUT2D eigenvalue weighted by Crippen LogP contribution is 2.68. The second-order valence-corrected chi connectivity index (χ2v) is 14.9. The summed E-state index contributed by atoms with van der Waals surface area (Å²) in [5.74, 6) is -1.30. The molecule has 0 radical (unpaired) electrons. The molecule has 5 aliphatic rings. The molecule has 2 saturated heterocycles. The quantitative estimate of drug-likeness (QED) is 0.120. The lowest BCUT2D eigenvalue weighted by Gasteiger charge is -2.63. The second-order valence-electron chi connectivity index (χ2n) is 14.9. The van der Waals surface area contributed by atoms with E-state index in [9.17, 15) is 23.1 Å². The Labute approximate surface area is 286 Å². The van der Waals surface area contributed by atoms with Crippen molar-refractivity contribution in [2.75, 3.05) is 26.7 Å². The summed E-state index contributed by atoms with van der Waals surface area (Å²) in [5, 5.41) is 14.6. The Bertz CT molecular complexity index is 1660. The zero-order valence-electron chi connectivity index (χ0n) is 28.3. The fraction of sp³-hybridized carbons (Fsp3) is 0.513. The van der Waals surface area contributed by atoms with Crippen LogP contribution in [0.25, 0.3) is 6.08 Å². The van der Waals surface area contributed by atoms with Gasteiger partial charge in [0.2, 0.25) is 0 Å². The molecule has 2 heterocycles. The molecule has 2 aromatic rings. The molecule has 1 saturated carbocycles. The number of hydrogen-bond donors (Lipinski definition) is 2. The lowest BCUT2D eigenvalue weighted by Crippen LogP contribution is -2.71. The number of allylic oxidation sites excluding steroid dienone is 1. The lowest BCUT2D eigenvalue weighted by molar-refractivity contribution is -0.965. The Kier molecular flexibility index (Phi) is 8.73. The van der Waals surface area contributed by atoms with Gasteiger partial charge in [0, 0.05) is 55.3 Å². The number of ether oxygens (including phenoxy) is 3. The summed E-state index contributed by atoms with van der Waals surface area (Å²) >= 11 is 0. The van der Waals surface area contributed by atoms with Crippen molar-refractivity contribution < 1.29 is 41.8 Å². The van der Waals surface area contributed by atoms with Crippen LogP contribution in [0.4, 0.5) is 13.2 Å². The van der Waals surface area contributed by atoms with Crippen LogP contribution < -0.4 is 5.32 Å². The summed E-state index contributed by atoms with van der Waals surface area (Å²) in [7, 11) is 1.38. The summed E-state index contributed by atoms with van der Waals surface area (Å²) < 4.78 is 58.9. The molecule has 2 bridgehead atoms. The van der Waals surface area contributed by atoms with E-state index >= 15 is 0 Å². The van der Waals surface area contributed by atoms with Crippen LogP contribution in [0.2, 0.25) is 0 Å². The van der Waals surface area contributed by atoms with Crippen molar-refractivity contribution >= 4 is 12.0 Å². The highest BCUT2D eigenvalue weighted by atomic mass is 19.4. The molecule has 1 spiro atoms. The molecule has 2 aliphatic heterocycles. The fourth-order valence-electron chi connectivity index (χ4n) is 10.1. The van der Waals surface area contributed by atoms with Crippen molar-refractivity contribution in [3.8, 4) is 0 Å². The number of rotatable bonds is 10. The van der Waals surface area contributed by atoms with Gasteiger partial charge in [-0.1, -0.05) is 80.9 Å². The van der Waals surface area contributed by atoms with E-state index in [4.69, 9.17) is 9.47 Å². The molecule has 10 heteroatoms. The van der Waals surface area contributed by atoms with Gasteiger partial charge in [0.1, 0.15) is 11.9 Å². The standard InChI is InChI=1S/C39H45F3N2O5/c1-25(2)24-44(19-17-26-11-6-4-7-12-26)20-18-37-29-15-10-16-33(37)48-35-34(37)28(22-30(29)44)31(45)23-38(35,47-3)43-36(46)32(49-39(40,41)42)21-27-13-8-5-9-14-27/h4-9,11-14,21,23,25,29-30,33,35H,10,15-20,22,24H2,1-3H3,(H-,43,45,46)/p+1/t29-,30+,33-,35?,37+,38?,44?/m0/s1. The van der Waals surface area contributed by atoms with Gasteiger partial charge in [-0.2, -0.15) is 0 Å². The highest BCUT2D eigenvalue weighted by Gasteiger charge is 2.72. The second kappa shape index (κ2) is 12.6. The summed E-state index contributed by atoms with van der Waals surface area (Å²) in [6, 6.07) is 19.1. The van der Waals surface area contributed by atoms with Crippen molar-refractivity contribution in [2.24, 2.45) is 17.3 Å². The van der Waals surface area contributed by atoms with Crippen LogP contribution in [-0.4, -0.2) is 72.6 Å². The zero-order valence-corrected chi connectivity index (χ0v) is 28.3. The van der Waals surface area contributed by atoms with Crippen LogP contribution in [0.15, 0.2) is 89.4 Å². The highest BCUT2D eigenvalue weighted by molar-refractivity contribution is 5.96. The number of hydrogen-bond acceptors (Lipinski definition) is 5. The third-order valence-electron chi connectivity index (χ3n) is 11.8. The molecule has 3 fully saturated rings. The number of carbonyl (C=O) groups is 1. The first-order chi connectivity index (χ1) is 23.4. The topological polar surface area (TPSA) is 77.0 Å². The number of quaternary nitrogens is 1. The largest absolute Gasteiger partial charge is 0.573 e. The summed E-state index contributed by atoms with van der Waals surface area (Å²) in [6.45, 7) is 7.59. The van der Waals surface area contributed by atoms with Crippen molar-refractivity contribution in [2.45, 2.75) is 82.7 Å². The van der Waals surface area contributed by atoms with Gasteiger partial charge in [-0.25, -0.2) is 0 Å². The van der Waals surface area contributed by atoms with E-state index in [-0.39, 0.29) is 23.3 Å². The number of likely N-dealkylation sites (tertiary alicyclic amines) is 1. The Balaban J connectivity index is 1.26.